The van der Waals surface area contributed by atoms with Crippen molar-refractivity contribution in [3.63, 3.8) is 0 Å². The lowest BCUT2D eigenvalue weighted by molar-refractivity contribution is -0.126. The van der Waals surface area contributed by atoms with Gasteiger partial charge < -0.3 is 5.32 Å². The van der Waals surface area contributed by atoms with Crippen LogP contribution in [0.4, 0.5) is 4.39 Å². The van der Waals surface area contributed by atoms with Gasteiger partial charge in [-0.1, -0.05) is 26.0 Å². The molecule has 0 aliphatic carbocycles. The molecule has 0 aromatic heterocycles. The second-order valence-corrected chi connectivity index (χ2v) is 5.13. The maximum atomic E-state index is 12.9. The van der Waals surface area contributed by atoms with Crippen LogP contribution in [0, 0.1) is 11.7 Å². The minimum Gasteiger partial charge on any atom is -0.347 e. The van der Waals surface area contributed by atoms with Gasteiger partial charge in [-0.2, -0.15) is 0 Å². The molecule has 0 atom stereocenters. The molecule has 100 valence electrons. The molecule has 0 aliphatic heterocycles. The molecule has 0 saturated carbocycles. The molecule has 0 saturated heterocycles. The van der Waals surface area contributed by atoms with Crippen LogP contribution in [0.25, 0.3) is 0 Å². The fourth-order valence-corrected chi connectivity index (χ4v) is 2.01. The standard InChI is InChI=1S/C15H22FNO/c1-5-11(6-2)14(18)17-15(3,4)12-7-9-13(16)10-8-12/h7-11H,5-6H2,1-4H3,(H,17,18). The smallest absolute Gasteiger partial charge is 0.223 e. The van der Waals surface area contributed by atoms with Crippen LogP contribution < -0.4 is 5.32 Å². The van der Waals surface area contributed by atoms with Gasteiger partial charge in [-0.25, -0.2) is 4.39 Å². The van der Waals surface area contributed by atoms with E-state index in [0.717, 1.165) is 18.4 Å². The Morgan fingerprint density at radius 1 is 1.22 bits per heavy atom. The average Bonchev–Trinajstić information content (AvgIpc) is 2.30. The second-order valence-electron chi connectivity index (χ2n) is 5.13. The van der Waals surface area contributed by atoms with Crippen molar-refractivity contribution < 1.29 is 9.18 Å². The van der Waals surface area contributed by atoms with Gasteiger partial charge in [-0.15, -0.1) is 0 Å². The zero-order valence-electron chi connectivity index (χ0n) is 11.6. The number of amides is 1. The van der Waals surface area contributed by atoms with E-state index in [1.807, 2.05) is 27.7 Å². The van der Waals surface area contributed by atoms with Crippen LogP contribution in [0.5, 0.6) is 0 Å². The Morgan fingerprint density at radius 3 is 2.17 bits per heavy atom. The Bertz CT molecular complexity index is 393. The van der Waals surface area contributed by atoms with Gasteiger partial charge in [0, 0.05) is 5.92 Å². The summed E-state index contributed by atoms with van der Waals surface area (Å²) in [6, 6.07) is 6.26. The molecule has 0 spiro atoms. The van der Waals surface area contributed by atoms with E-state index >= 15 is 0 Å². The number of rotatable bonds is 5. The molecule has 1 aromatic rings. The Labute approximate surface area is 109 Å². The summed E-state index contributed by atoms with van der Waals surface area (Å²) in [5, 5.41) is 3.03. The number of nitrogens with one attached hydrogen (secondary N) is 1. The van der Waals surface area contributed by atoms with Crippen molar-refractivity contribution in [2.45, 2.75) is 46.1 Å². The van der Waals surface area contributed by atoms with E-state index < -0.39 is 5.54 Å². The third kappa shape index (κ3) is 3.56. The number of carbonyl (C=O) groups excluding carboxylic acids is 1. The minimum absolute atomic E-state index is 0.0460. The number of hydrogen-bond acceptors (Lipinski definition) is 1. The van der Waals surface area contributed by atoms with Crippen LogP contribution in [0.15, 0.2) is 24.3 Å². The van der Waals surface area contributed by atoms with Crippen molar-refractivity contribution in [1.82, 2.24) is 5.32 Å². The van der Waals surface area contributed by atoms with Crippen LogP contribution >= 0.6 is 0 Å². The van der Waals surface area contributed by atoms with Crippen LogP contribution in [-0.4, -0.2) is 5.91 Å². The minimum atomic E-state index is -0.479. The van der Waals surface area contributed by atoms with Gasteiger partial charge in [0.1, 0.15) is 5.82 Å². The quantitative estimate of drug-likeness (QED) is 0.851. The predicted molar refractivity (Wildman–Crippen MR) is 71.6 cm³/mol. The molecule has 1 N–H and O–H groups in total. The number of halogens is 1. The summed E-state index contributed by atoms with van der Waals surface area (Å²) in [5.74, 6) is -0.153. The van der Waals surface area contributed by atoms with Gasteiger partial charge in [-0.05, 0) is 44.4 Å². The zero-order chi connectivity index (χ0) is 13.8. The van der Waals surface area contributed by atoms with Crippen LogP contribution in [0.1, 0.15) is 46.1 Å². The lowest BCUT2D eigenvalue weighted by Crippen LogP contribution is -2.43. The monoisotopic (exact) mass is 251 g/mol. The predicted octanol–water partition coefficient (Wildman–Crippen LogP) is 3.61. The largest absolute Gasteiger partial charge is 0.347 e. The number of hydrogen-bond donors (Lipinski definition) is 1. The third-order valence-electron chi connectivity index (χ3n) is 3.36. The summed E-state index contributed by atoms with van der Waals surface area (Å²) in [6.45, 7) is 7.89. The van der Waals surface area contributed by atoms with Gasteiger partial charge in [0.05, 0.1) is 5.54 Å². The molecule has 1 amide bonds. The van der Waals surface area contributed by atoms with Crippen molar-refractivity contribution in [1.29, 1.82) is 0 Å². The van der Waals surface area contributed by atoms with Crippen molar-refractivity contribution in [3.05, 3.63) is 35.6 Å². The first kappa shape index (κ1) is 14.7. The lowest BCUT2D eigenvalue weighted by Gasteiger charge is -2.29. The molecule has 1 rings (SSSR count). The highest BCUT2D eigenvalue weighted by molar-refractivity contribution is 5.79. The Kier molecular flexibility index (Phi) is 4.88. The van der Waals surface area contributed by atoms with E-state index in [0.29, 0.717) is 0 Å². The first-order valence-electron chi connectivity index (χ1n) is 6.48. The lowest BCUT2D eigenvalue weighted by atomic mass is 9.92. The molecule has 0 fully saturated rings. The second kappa shape index (κ2) is 5.98. The summed E-state index contributed by atoms with van der Waals surface area (Å²) < 4.78 is 12.9. The fraction of sp³-hybridized carbons (Fsp3) is 0.533. The molecule has 18 heavy (non-hydrogen) atoms. The summed E-state index contributed by atoms with van der Waals surface area (Å²) in [6.07, 6.45) is 1.67. The molecule has 3 heteroatoms. The summed E-state index contributed by atoms with van der Waals surface area (Å²) in [5.41, 5.74) is 0.427. The molecule has 0 heterocycles. The maximum Gasteiger partial charge on any atom is 0.223 e. The van der Waals surface area contributed by atoms with Crippen LogP contribution in [-0.2, 0) is 10.3 Å². The highest BCUT2D eigenvalue weighted by atomic mass is 19.1. The van der Waals surface area contributed by atoms with Crippen molar-refractivity contribution >= 4 is 5.91 Å². The highest BCUT2D eigenvalue weighted by Gasteiger charge is 2.25. The Hall–Kier alpha value is -1.38. The van der Waals surface area contributed by atoms with Gasteiger partial charge in [0.25, 0.3) is 0 Å². The van der Waals surface area contributed by atoms with E-state index in [2.05, 4.69) is 5.32 Å². The Morgan fingerprint density at radius 2 is 1.72 bits per heavy atom. The summed E-state index contributed by atoms with van der Waals surface area (Å²) >= 11 is 0. The molecule has 0 aliphatic rings. The van der Waals surface area contributed by atoms with Gasteiger partial charge in [-0.3, -0.25) is 4.79 Å². The molecule has 0 unspecified atom stereocenters. The number of carbonyl (C=O) groups is 1. The SMILES string of the molecule is CCC(CC)C(=O)NC(C)(C)c1ccc(F)cc1. The molecule has 0 radical (unpaired) electrons. The van der Waals surface area contributed by atoms with Crippen LogP contribution in [0.2, 0.25) is 0 Å². The molecule has 1 aromatic carbocycles. The third-order valence-corrected chi connectivity index (χ3v) is 3.36. The fourth-order valence-electron chi connectivity index (χ4n) is 2.01. The van der Waals surface area contributed by atoms with Crippen molar-refractivity contribution in [3.8, 4) is 0 Å². The molecule has 2 nitrogen and oxygen atoms in total. The maximum absolute atomic E-state index is 12.9. The van der Waals surface area contributed by atoms with E-state index in [1.165, 1.54) is 12.1 Å². The van der Waals surface area contributed by atoms with E-state index in [1.54, 1.807) is 12.1 Å². The Balaban J connectivity index is 2.81. The molecular formula is C15H22FNO. The zero-order valence-corrected chi connectivity index (χ0v) is 11.6. The molecule has 0 bridgehead atoms. The van der Waals surface area contributed by atoms with E-state index in [-0.39, 0.29) is 17.6 Å². The topological polar surface area (TPSA) is 29.1 Å². The number of benzene rings is 1. The summed E-state index contributed by atoms with van der Waals surface area (Å²) in [7, 11) is 0. The van der Waals surface area contributed by atoms with Crippen molar-refractivity contribution in [2.75, 3.05) is 0 Å². The van der Waals surface area contributed by atoms with E-state index in [9.17, 15) is 9.18 Å². The average molecular weight is 251 g/mol. The highest BCUT2D eigenvalue weighted by Crippen LogP contribution is 2.21. The first-order chi connectivity index (χ1) is 8.40. The van der Waals surface area contributed by atoms with Gasteiger partial charge >= 0.3 is 0 Å². The molecular weight excluding hydrogens is 229 g/mol. The van der Waals surface area contributed by atoms with Crippen molar-refractivity contribution in [2.24, 2.45) is 5.92 Å². The van der Waals surface area contributed by atoms with Gasteiger partial charge in [0.15, 0.2) is 0 Å². The normalized spacial score (nSPS) is 11.7. The summed E-state index contributed by atoms with van der Waals surface area (Å²) in [4.78, 5) is 12.1. The van der Waals surface area contributed by atoms with Crippen LogP contribution in [0.3, 0.4) is 0 Å². The van der Waals surface area contributed by atoms with E-state index in [4.69, 9.17) is 0 Å². The van der Waals surface area contributed by atoms with Gasteiger partial charge in [0.2, 0.25) is 5.91 Å². The first-order valence-corrected chi connectivity index (χ1v) is 6.48.